The number of aliphatic hydroxyl groups is 1. The SMILES string of the molecule is CCc1cc(CC(O)C(C)C)n(CC)n1. The molecule has 0 bridgehead atoms. The third-order valence-electron chi connectivity index (χ3n) is 2.76. The van der Waals surface area contributed by atoms with E-state index in [1.165, 1.54) is 0 Å². The van der Waals surface area contributed by atoms with Crippen LogP contribution in [0.4, 0.5) is 0 Å². The summed E-state index contributed by atoms with van der Waals surface area (Å²) in [6.45, 7) is 9.14. The summed E-state index contributed by atoms with van der Waals surface area (Å²) in [5.74, 6) is 0.301. The van der Waals surface area contributed by atoms with Crippen molar-refractivity contribution in [1.29, 1.82) is 0 Å². The van der Waals surface area contributed by atoms with Crippen LogP contribution >= 0.6 is 0 Å². The summed E-state index contributed by atoms with van der Waals surface area (Å²) in [4.78, 5) is 0. The molecule has 1 atom stereocenters. The van der Waals surface area contributed by atoms with Gasteiger partial charge in [0.2, 0.25) is 0 Å². The summed E-state index contributed by atoms with van der Waals surface area (Å²) in [6.07, 6.45) is 1.40. The molecule has 0 aliphatic carbocycles. The van der Waals surface area contributed by atoms with E-state index in [9.17, 15) is 5.11 Å². The van der Waals surface area contributed by atoms with Crippen molar-refractivity contribution in [2.45, 2.75) is 53.2 Å². The van der Waals surface area contributed by atoms with Crippen LogP contribution in [0.15, 0.2) is 6.07 Å². The second kappa shape index (κ2) is 5.31. The van der Waals surface area contributed by atoms with Crippen LogP contribution in [0.2, 0.25) is 0 Å². The van der Waals surface area contributed by atoms with Crippen molar-refractivity contribution < 1.29 is 5.11 Å². The fourth-order valence-corrected chi connectivity index (χ4v) is 1.58. The van der Waals surface area contributed by atoms with Gasteiger partial charge in [0.25, 0.3) is 0 Å². The molecule has 3 heteroatoms. The zero-order valence-electron chi connectivity index (χ0n) is 10.2. The highest BCUT2D eigenvalue weighted by molar-refractivity contribution is 5.11. The zero-order chi connectivity index (χ0) is 11.4. The molecule has 1 aromatic heterocycles. The van der Waals surface area contributed by atoms with Crippen molar-refractivity contribution in [3.63, 3.8) is 0 Å². The maximum atomic E-state index is 9.84. The number of nitrogens with zero attached hydrogens (tertiary/aromatic N) is 2. The van der Waals surface area contributed by atoms with Crippen LogP contribution in [0, 0.1) is 5.92 Å². The first-order chi connectivity index (χ1) is 7.08. The summed E-state index contributed by atoms with van der Waals surface area (Å²) >= 11 is 0. The molecule has 0 fully saturated rings. The van der Waals surface area contributed by atoms with E-state index in [1.54, 1.807) is 0 Å². The van der Waals surface area contributed by atoms with E-state index in [0.717, 1.165) is 24.4 Å². The number of aryl methyl sites for hydroxylation is 2. The fraction of sp³-hybridized carbons (Fsp3) is 0.750. The van der Waals surface area contributed by atoms with Crippen LogP contribution in [0.25, 0.3) is 0 Å². The van der Waals surface area contributed by atoms with Crippen molar-refractivity contribution in [3.05, 3.63) is 17.5 Å². The summed E-state index contributed by atoms with van der Waals surface area (Å²) in [7, 11) is 0. The molecular weight excluding hydrogens is 188 g/mol. The zero-order valence-corrected chi connectivity index (χ0v) is 10.2. The van der Waals surface area contributed by atoms with Crippen LogP contribution in [-0.2, 0) is 19.4 Å². The quantitative estimate of drug-likeness (QED) is 0.807. The van der Waals surface area contributed by atoms with E-state index in [1.807, 2.05) is 18.5 Å². The number of hydrogen-bond donors (Lipinski definition) is 1. The van der Waals surface area contributed by atoms with E-state index >= 15 is 0 Å². The third kappa shape index (κ3) is 3.06. The van der Waals surface area contributed by atoms with Crippen molar-refractivity contribution in [2.75, 3.05) is 0 Å². The highest BCUT2D eigenvalue weighted by Gasteiger charge is 2.14. The lowest BCUT2D eigenvalue weighted by molar-refractivity contribution is 0.123. The molecule has 1 aromatic rings. The van der Waals surface area contributed by atoms with E-state index in [4.69, 9.17) is 0 Å². The average molecular weight is 210 g/mol. The molecule has 0 radical (unpaired) electrons. The van der Waals surface area contributed by atoms with Crippen molar-refractivity contribution in [1.82, 2.24) is 9.78 Å². The largest absolute Gasteiger partial charge is 0.392 e. The van der Waals surface area contributed by atoms with Gasteiger partial charge in [-0.3, -0.25) is 4.68 Å². The highest BCUT2D eigenvalue weighted by Crippen LogP contribution is 2.12. The second-order valence-corrected chi connectivity index (χ2v) is 4.31. The monoisotopic (exact) mass is 210 g/mol. The van der Waals surface area contributed by atoms with Crippen molar-refractivity contribution in [3.8, 4) is 0 Å². The molecule has 0 amide bonds. The third-order valence-corrected chi connectivity index (χ3v) is 2.76. The maximum absolute atomic E-state index is 9.84. The van der Waals surface area contributed by atoms with Gasteiger partial charge in [-0.2, -0.15) is 5.10 Å². The summed E-state index contributed by atoms with van der Waals surface area (Å²) in [6, 6.07) is 2.11. The molecule has 15 heavy (non-hydrogen) atoms. The molecule has 86 valence electrons. The Morgan fingerprint density at radius 3 is 2.53 bits per heavy atom. The Morgan fingerprint density at radius 2 is 2.07 bits per heavy atom. The highest BCUT2D eigenvalue weighted by atomic mass is 16.3. The predicted octanol–water partition coefficient (Wildman–Crippen LogP) is 2.02. The van der Waals surface area contributed by atoms with Crippen LogP contribution in [0.3, 0.4) is 0 Å². The molecule has 1 heterocycles. The van der Waals surface area contributed by atoms with Gasteiger partial charge in [0.1, 0.15) is 0 Å². The van der Waals surface area contributed by atoms with Crippen LogP contribution in [-0.4, -0.2) is 21.0 Å². The van der Waals surface area contributed by atoms with Crippen molar-refractivity contribution in [2.24, 2.45) is 5.92 Å². The summed E-state index contributed by atoms with van der Waals surface area (Å²) in [5, 5.41) is 14.3. The Balaban J connectivity index is 2.78. The van der Waals surface area contributed by atoms with Crippen LogP contribution in [0.1, 0.15) is 39.1 Å². The molecule has 0 aliphatic heterocycles. The van der Waals surface area contributed by atoms with E-state index in [-0.39, 0.29) is 6.10 Å². The molecule has 0 spiro atoms. The minimum Gasteiger partial charge on any atom is -0.392 e. The molecule has 0 aromatic carbocycles. The standard InChI is InChI=1S/C12H22N2O/c1-5-10-7-11(14(6-2)13-10)8-12(15)9(3)4/h7,9,12,15H,5-6,8H2,1-4H3. The molecule has 0 saturated carbocycles. The first kappa shape index (κ1) is 12.2. The molecule has 3 nitrogen and oxygen atoms in total. The minimum atomic E-state index is -0.267. The number of rotatable bonds is 5. The lowest BCUT2D eigenvalue weighted by Gasteiger charge is -2.14. The average Bonchev–Trinajstić information content (AvgIpc) is 2.60. The molecular formula is C12H22N2O. The maximum Gasteiger partial charge on any atom is 0.0624 e. The van der Waals surface area contributed by atoms with Gasteiger partial charge in [-0.15, -0.1) is 0 Å². The van der Waals surface area contributed by atoms with Gasteiger partial charge < -0.3 is 5.11 Å². The predicted molar refractivity (Wildman–Crippen MR) is 61.8 cm³/mol. The lowest BCUT2D eigenvalue weighted by atomic mass is 10.0. The molecule has 0 saturated heterocycles. The van der Waals surface area contributed by atoms with Gasteiger partial charge >= 0.3 is 0 Å². The smallest absolute Gasteiger partial charge is 0.0624 e. The Morgan fingerprint density at radius 1 is 1.40 bits per heavy atom. The van der Waals surface area contributed by atoms with E-state index < -0.39 is 0 Å². The normalized spacial score (nSPS) is 13.5. The molecule has 0 aliphatic rings. The van der Waals surface area contributed by atoms with Crippen LogP contribution in [0.5, 0.6) is 0 Å². The Labute approximate surface area is 92.1 Å². The Kier molecular flexibility index (Phi) is 4.33. The molecule has 1 rings (SSSR count). The van der Waals surface area contributed by atoms with Gasteiger partial charge in [-0.25, -0.2) is 0 Å². The van der Waals surface area contributed by atoms with E-state index in [0.29, 0.717) is 12.3 Å². The van der Waals surface area contributed by atoms with Gasteiger partial charge in [0.15, 0.2) is 0 Å². The van der Waals surface area contributed by atoms with Crippen LogP contribution < -0.4 is 0 Å². The number of hydrogen-bond acceptors (Lipinski definition) is 2. The Bertz CT molecular complexity index is 305. The number of aromatic nitrogens is 2. The van der Waals surface area contributed by atoms with Gasteiger partial charge in [-0.1, -0.05) is 20.8 Å². The fourth-order valence-electron chi connectivity index (χ4n) is 1.58. The summed E-state index contributed by atoms with van der Waals surface area (Å²) in [5.41, 5.74) is 2.26. The van der Waals surface area contributed by atoms with Gasteiger partial charge in [0.05, 0.1) is 11.8 Å². The summed E-state index contributed by atoms with van der Waals surface area (Å²) < 4.78 is 1.99. The lowest BCUT2D eigenvalue weighted by Crippen LogP contribution is -2.19. The first-order valence-corrected chi connectivity index (χ1v) is 5.82. The van der Waals surface area contributed by atoms with Gasteiger partial charge in [0, 0.05) is 18.7 Å². The molecule has 1 unspecified atom stereocenters. The van der Waals surface area contributed by atoms with Gasteiger partial charge in [-0.05, 0) is 25.3 Å². The van der Waals surface area contributed by atoms with Crippen molar-refractivity contribution >= 4 is 0 Å². The number of aliphatic hydroxyl groups excluding tert-OH is 1. The second-order valence-electron chi connectivity index (χ2n) is 4.31. The first-order valence-electron chi connectivity index (χ1n) is 5.82. The van der Waals surface area contributed by atoms with E-state index in [2.05, 4.69) is 25.0 Å². The minimum absolute atomic E-state index is 0.267. The molecule has 1 N–H and O–H groups in total. The Hall–Kier alpha value is -0.830. The topological polar surface area (TPSA) is 38.0 Å².